The first-order valence-electron chi connectivity index (χ1n) is 13.7. The van der Waals surface area contributed by atoms with E-state index in [1.807, 2.05) is 25.1 Å². The zero-order valence-electron chi connectivity index (χ0n) is 23.5. The molecule has 1 aromatic heterocycles. The van der Waals surface area contributed by atoms with Gasteiger partial charge in [0, 0.05) is 18.2 Å². The Balaban J connectivity index is 1.50. The largest absolute Gasteiger partial charge is 0.493 e. The standard InChI is InChI=1S/C30H38N2O8/c1-18(2)29(34)39-17-38-27-24(36-4)12-13-31-26(27)28(33)32-23-16-37-15-22(14-20-10-11-20)25(19(3)40-30(23)35)21-8-6-5-7-9-21/h5-9,12-13,18-20,22-23,25H,10-11,14-17H2,1-4H3,(H,32,33)/t19-,22-,23-,25+/m0/s1. The molecule has 1 N–H and O–H groups in total. The minimum Gasteiger partial charge on any atom is -0.493 e. The molecule has 2 heterocycles. The van der Waals surface area contributed by atoms with Gasteiger partial charge in [0.1, 0.15) is 6.10 Å². The van der Waals surface area contributed by atoms with Gasteiger partial charge in [0.05, 0.1) is 26.2 Å². The van der Waals surface area contributed by atoms with Crippen LogP contribution in [0.2, 0.25) is 0 Å². The van der Waals surface area contributed by atoms with Crippen LogP contribution in [0.15, 0.2) is 42.6 Å². The van der Waals surface area contributed by atoms with E-state index in [-0.39, 0.29) is 41.6 Å². The fourth-order valence-electron chi connectivity index (χ4n) is 4.98. The fraction of sp³-hybridized carbons (Fsp3) is 0.533. The maximum Gasteiger partial charge on any atom is 0.331 e. The Bertz CT molecular complexity index is 1170. The highest BCUT2D eigenvalue weighted by Gasteiger charge is 2.38. The van der Waals surface area contributed by atoms with Crippen LogP contribution in [-0.4, -0.2) is 62.1 Å². The zero-order chi connectivity index (χ0) is 28.6. The summed E-state index contributed by atoms with van der Waals surface area (Å²) in [6, 6.07) is 10.5. The molecule has 1 aromatic carbocycles. The van der Waals surface area contributed by atoms with Crippen LogP contribution in [0.3, 0.4) is 0 Å². The average Bonchev–Trinajstić information content (AvgIpc) is 3.76. The molecule has 1 aliphatic carbocycles. The molecule has 2 aliphatic rings. The van der Waals surface area contributed by atoms with E-state index in [2.05, 4.69) is 22.4 Å². The van der Waals surface area contributed by atoms with Gasteiger partial charge in [-0.2, -0.15) is 0 Å². The molecule has 1 aliphatic heterocycles. The summed E-state index contributed by atoms with van der Waals surface area (Å²) in [6.07, 6.45) is 4.37. The molecule has 10 nitrogen and oxygen atoms in total. The van der Waals surface area contributed by atoms with E-state index in [1.54, 1.807) is 13.8 Å². The van der Waals surface area contributed by atoms with Crippen molar-refractivity contribution >= 4 is 17.8 Å². The maximum absolute atomic E-state index is 13.3. The molecule has 216 valence electrons. The van der Waals surface area contributed by atoms with Gasteiger partial charge in [-0.3, -0.25) is 9.59 Å². The van der Waals surface area contributed by atoms with E-state index < -0.39 is 36.8 Å². The smallest absolute Gasteiger partial charge is 0.331 e. The Hall–Kier alpha value is -3.66. The van der Waals surface area contributed by atoms with Crippen LogP contribution in [0, 0.1) is 17.8 Å². The van der Waals surface area contributed by atoms with Crippen molar-refractivity contribution < 1.29 is 38.1 Å². The Morgan fingerprint density at radius 3 is 2.55 bits per heavy atom. The minimum absolute atomic E-state index is 0.0154. The molecule has 0 unspecified atom stereocenters. The number of carbonyl (C=O) groups excluding carboxylic acids is 3. The Kier molecular flexibility index (Phi) is 9.98. The number of aromatic nitrogens is 1. The summed E-state index contributed by atoms with van der Waals surface area (Å²) in [4.78, 5) is 42.6. The third-order valence-corrected chi connectivity index (χ3v) is 7.22. The molecular weight excluding hydrogens is 516 g/mol. The van der Waals surface area contributed by atoms with Crippen molar-refractivity contribution in [2.75, 3.05) is 27.1 Å². The summed E-state index contributed by atoms with van der Waals surface area (Å²) in [5.74, 6) is -1.08. The molecule has 1 amide bonds. The quantitative estimate of drug-likeness (QED) is 0.344. The third-order valence-electron chi connectivity index (χ3n) is 7.22. The number of ether oxygens (including phenoxy) is 5. The highest BCUT2D eigenvalue weighted by molar-refractivity contribution is 5.98. The second-order valence-electron chi connectivity index (χ2n) is 10.7. The number of pyridine rings is 1. The average molecular weight is 555 g/mol. The van der Waals surface area contributed by atoms with E-state index in [0.29, 0.717) is 12.5 Å². The first kappa shape index (κ1) is 29.3. The molecule has 1 saturated carbocycles. The van der Waals surface area contributed by atoms with E-state index >= 15 is 0 Å². The molecule has 10 heteroatoms. The SMILES string of the molecule is COc1ccnc(C(=O)N[C@H]2COC[C@H](CC3CC3)[C@@H](c3ccccc3)[C@H](C)OC2=O)c1OCOC(=O)C(C)C. The van der Waals surface area contributed by atoms with Crippen molar-refractivity contribution in [2.45, 2.75) is 58.1 Å². The Labute approximate surface area is 234 Å². The van der Waals surface area contributed by atoms with Crippen molar-refractivity contribution in [1.29, 1.82) is 0 Å². The number of carbonyl (C=O) groups is 3. The van der Waals surface area contributed by atoms with Crippen LogP contribution < -0.4 is 14.8 Å². The molecule has 0 bridgehead atoms. The summed E-state index contributed by atoms with van der Waals surface area (Å²) in [5.41, 5.74) is 0.967. The first-order chi connectivity index (χ1) is 19.3. The lowest BCUT2D eigenvalue weighted by Gasteiger charge is -2.31. The number of nitrogens with zero attached hydrogens (tertiary/aromatic N) is 1. The normalized spacial score (nSPS) is 23.3. The van der Waals surface area contributed by atoms with Crippen LogP contribution in [0.4, 0.5) is 0 Å². The minimum atomic E-state index is -1.06. The number of rotatable bonds is 10. The number of hydrogen-bond donors (Lipinski definition) is 1. The number of amides is 1. The molecular formula is C30H38N2O8. The van der Waals surface area contributed by atoms with E-state index in [4.69, 9.17) is 23.7 Å². The lowest BCUT2D eigenvalue weighted by atomic mass is 9.80. The van der Waals surface area contributed by atoms with Crippen molar-refractivity contribution in [1.82, 2.24) is 10.3 Å². The maximum atomic E-state index is 13.3. The molecule has 0 radical (unpaired) electrons. The summed E-state index contributed by atoms with van der Waals surface area (Å²) in [6.45, 7) is 5.24. The van der Waals surface area contributed by atoms with Crippen LogP contribution in [0.1, 0.15) is 62.0 Å². The predicted octanol–water partition coefficient (Wildman–Crippen LogP) is 3.89. The number of hydrogen-bond acceptors (Lipinski definition) is 9. The highest BCUT2D eigenvalue weighted by Crippen LogP contribution is 2.42. The van der Waals surface area contributed by atoms with E-state index in [0.717, 1.165) is 12.0 Å². The van der Waals surface area contributed by atoms with Crippen LogP contribution in [0.5, 0.6) is 11.5 Å². The predicted molar refractivity (Wildman–Crippen MR) is 145 cm³/mol. The van der Waals surface area contributed by atoms with Crippen molar-refractivity contribution in [3.8, 4) is 11.5 Å². The molecule has 40 heavy (non-hydrogen) atoms. The highest BCUT2D eigenvalue weighted by atomic mass is 16.7. The van der Waals surface area contributed by atoms with E-state index in [1.165, 1.54) is 32.2 Å². The van der Waals surface area contributed by atoms with Gasteiger partial charge in [-0.1, -0.05) is 57.0 Å². The lowest BCUT2D eigenvalue weighted by molar-refractivity contribution is -0.154. The van der Waals surface area contributed by atoms with Crippen molar-refractivity contribution in [3.63, 3.8) is 0 Å². The van der Waals surface area contributed by atoms with Crippen molar-refractivity contribution in [2.24, 2.45) is 17.8 Å². The monoisotopic (exact) mass is 554 g/mol. The number of benzene rings is 1. The third kappa shape index (κ3) is 7.50. The van der Waals surface area contributed by atoms with Gasteiger partial charge in [0.15, 0.2) is 23.2 Å². The molecule has 1 saturated heterocycles. The van der Waals surface area contributed by atoms with E-state index in [9.17, 15) is 14.4 Å². The molecule has 4 rings (SSSR count). The Morgan fingerprint density at radius 1 is 1.12 bits per heavy atom. The van der Waals surface area contributed by atoms with Crippen molar-refractivity contribution in [3.05, 3.63) is 53.9 Å². The summed E-state index contributed by atoms with van der Waals surface area (Å²) in [7, 11) is 1.41. The van der Waals surface area contributed by atoms with Gasteiger partial charge in [-0.05, 0) is 30.7 Å². The first-order valence-corrected chi connectivity index (χ1v) is 13.7. The number of cyclic esters (lactones) is 1. The van der Waals surface area contributed by atoms with Crippen LogP contribution >= 0.6 is 0 Å². The van der Waals surface area contributed by atoms with Gasteiger partial charge < -0.3 is 29.0 Å². The topological polar surface area (TPSA) is 122 Å². The second-order valence-corrected chi connectivity index (χ2v) is 10.7. The summed E-state index contributed by atoms with van der Waals surface area (Å²) < 4.78 is 28.0. The molecule has 2 fully saturated rings. The van der Waals surface area contributed by atoms with Crippen LogP contribution in [-0.2, 0) is 23.8 Å². The molecule has 0 spiro atoms. The van der Waals surface area contributed by atoms with Gasteiger partial charge in [0.25, 0.3) is 5.91 Å². The van der Waals surface area contributed by atoms with Gasteiger partial charge in [-0.25, -0.2) is 9.78 Å². The van der Waals surface area contributed by atoms with Crippen LogP contribution in [0.25, 0.3) is 0 Å². The van der Waals surface area contributed by atoms with Gasteiger partial charge in [0.2, 0.25) is 6.79 Å². The summed E-state index contributed by atoms with van der Waals surface area (Å²) in [5, 5.41) is 2.69. The Morgan fingerprint density at radius 2 is 1.88 bits per heavy atom. The molecule has 4 atom stereocenters. The fourth-order valence-corrected chi connectivity index (χ4v) is 4.98. The summed E-state index contributed by atoms with van der Waals surface area (Å²) >= 11 is 0. The van der Waals surface area contributed by atoms with Gasteiger partial charge in [-0.15, -0.1) is 0 Å². The molecule has 2 aromatic rings. The lowest BCUT2D eigenvalue weighted by Crippen LogP contribution is -2.46. The van der Waals surface area contributed by atoms with Gasteiger partial charge >= 0.3 is 11.9 Å². The number of methoxy groups -OCH3 is 1. The zero-order valence-corrected chi connectivity index (χ0v) is 23.5. The number of nitrogens with one attached hydrogen (secondary N) is 1. The second kappa shape index (κ2) is 13.6. The number of esters is 2.